The lowest BCUT2D eigenvalue weighted by molar-refractivity contribution is 0.101. The minimum absolute atomic E-state index is 0.156. The summed E-state index contributed by atoms with van der Waals surface area (Å²) in [7, 11) is 1.57. The van der Waals surface area contributed by atoms with Gasteiger partial charge in [-0.25, -0.2) is 4.98 Å². The summed E-state index contributed by atoms with van der Waals surface area (Å²) in [6.45, 7) is 0. The van der Waals surface area contributed by atoms with Crippen molar-refractivity contribution in [2.45, 2.75) is 0 Å². The number of nitrogens with one attached hydrogen (secondary N) is 2. The zero-order chi connectivity index (χ0) is 19.2. The molecule has 0 aliphatic heterocycles. The maximum absolute atomic E-state index is 13.1. The quantitative estimate of drug-likeness (QED) is 0.675. The number of rotatable bonds is 5. The first kappa shape index (κ1) is 18.1. The van der Waals surface area contributed by atoms with Crippen LogP contribution in [0.5, 0.6) is 5.75 Å². The van der Waals surface area contributed by atoms with Crippen molar-refractivity contribution in [2.24, 2.45) is 0 Å². The van der Waals surface area contributed by atoms with Crippen molar-refractivity contribution in [1.82, 2.24) is 4.98 Å². The lowest BCUT2D eigenvalue weighted by Gasteiger charge is -2.08. The van der Waals surface area contributed by atoms with Crippen molar-refractivity contribution in [1.29, 1.82) is 0 Å². The first-order valence-corrected chi connectivity index (χ1v) is 8.03. The molecule has 0 aliphatic rings. The molecule has 0 atom stereocenters. The molecule has 0 saturated heterocycles. The molecule has 2 aromatic carbocycles. The number of nitrogens with zero attached hydrogens (tertiary/aromatic N) is 1. The average Bonchev–Trinajstić information content (AvgIpc) is 2.69. The summed E-state index contributed by atoms with van der Waals surface area (Å²) in [4.78, 5) is 27.8. The van der Waals surface area contributed by atoms with Crippen LogP contribution in [0.25, 0.3) is 0 Å². The van der Waals surface area contributed by atoms with E-state index >= 15 is 0 Å². The lowest BCUT2D eigenvalue weighted by Crippen LogP contribution is -2.14. The highest BCUT2D eigenvalue weighted by molar-refractivity contribution is 6.06. The monoisotopic (exact) mass is 365 g/mol. The Kier molecular flexibility index (Phi) is 5.41. The maximum atomic E-state index is 13.1. The van der Waals surface area contributed by atoms with E-state index in [-0.39, 0.29) is 11.5 Å². The van der Waals surface area contributed by atoms with E-state index in [0.29, 0.717) is 22.7 Å². The van der Waals surface area contributed by atoms with Gasteiger partial charge in [0.2, 0.25) is 5.95 Å². The molecule has 0 bridgehead atoms. The zero-order valence-electron chi connectivity index (χ0n) is 14.4. The number of halogens is 1. The molecule has 0 radical (unpaired) electrons. The number of carbonyl (C=O) groups excluding carboxylic acids is 2. The fraction of sp³-hybridized carbons (Fsp3) is 0.0500. The minimum atomic E-state index is -0.729. The summed E-state index contributed by atoms with van der Waals surface area (Å²) in [6.07, 6.45) is 1.22. The lowest BCUT2D eigenvalue weighted by atomic mass is 10.1. The molecule has 0 unspecified atom stereocenters. The Hall–Kier alpha value is -3.74. The molecule has 6 nitrogen and oxygen atoms in total. The van der Waals surface area contributed by atoms with Gasteiger partial charge in [0, 0.05) is 34.8 Å². The number of carbonyl (C=O) groups is 2. The zero-order valence-corrected chi connectivity index (χ0v) is 14.4. The number of anilines is 2. The maximum Gasteiger partial charge on any atom is 0.255 e. The van der Waals surface area contributed by atoms with E-state index < -0.39 is 11.9 Å². The predicted octanol–water partition coefficient (Wildman–Crippen LogP) is 3.73. The Morgan fingerprint density at radius 2 is 1.41 bits per heavy atom. The molecule has 1 heterocycles. The molecule has 2 amide bonds. The summed E-state index contributed by atoms with van der Waals surface area (Å²) in [5.41, 5.74) is 1.71. The number of ether oxygens (including phenoxy) is 1. The number of aromatic nitrogens is 1. The second kappa shape index (κ2) is 8.09. The van der Waals surface area contributed by atoms with Crippen molar-refractivity contribution in [3.63, 3.8) is 0 Å². The number of hydrogen-bond acceptors (Lipinski definition) is 4. The van der Waals surface area contributed by atoms with Crippen molar-refractivity contribution in [3.05, 3.63) is 83.9 Å². The van der Waals surface area contributed by atoms with Gasteiger partial charge < -0.3 is 15.4 Å². The third kappa shape index (κ3) is 4.66. The van der Waals surface area contributed by atoms with Crippen LogP contribution in [-0.2, 0) is 0 Å². The third-order valence-corrected chi connectivity index (χ3v) is 3.74. The van der Waals surface area contributed by atoms with Crippen molar-refractivity contribution >= 4 is 23.2 Å². The number of benzene rings is 2. The normalized spacial score (nSPS) is 10.1. The smallest absolute Gasteiger partial charge is 0.255 e. The Balaban J connectivity index is 1.63. The van der Waals surface area contributed by atoms with Crippen LogP contribution in [0.1, 0.15) is 20.7 Å². The van der Waals surface area contributed by atoms with Crippen LogP contribution in [0.2, 0.25) is 0 Å². The summed E-state index contributed by atoms with van der Waals surface area (Å²) in [6, 6.07) is 15.8. The van der Waals surface area contributed by atoms with E-state index in [1.165, 1.54) is 12.3 Å². The van der Waals surface area contributed by atoms with Gasteiger partial charge in [0.1, 0.15) is 5.75 Å². The molecule has 0 aliphatic carbocycles. The molecular weight excluding hydrogens is 349 g/mol. The first-order valence-electron chi connectivity index (χ1n) is 8.03. The highest BCUT2D eigenvalue weighted by Crippen LogP contribution is 2.17. The topological polar surface area (TPSA) is 80.3 Å². The Morgan fingerprint density at radius 3 is 1.96 bits per heavy atom. The van der Waals surface area contributed by atoms with Crippen LogP contribution in [-0.4, -0.2) is 23.9 Å². The molecule has 0 saturated carbocycles. The molecule has 0 spiro atoms. The fourth-order valence-corrected chi connectivity index (χ4v) is 2.33. The van der Waals surface area contributed by atoms with Gasteiger partial charge in [-0.15, -0.1) is 0 Å². The van der Waals surface area contributed by atoms with E-state index in [0.717, 1.165) is 6.07 Å². The van der Waals surface area contributed by atoms with E-state index in [4.69, 9.17) is 4.74 Å². The molecular formula is C20H16FN3O3. The SMILES string of the molecule is COc1ccc(NC(=O)c2ccc(NC(=O)c3ccnc(F)c3)cc2)cc1. The molecule has 0 fully saturated rings. The minimum Gasteiger partial charge on any atom is -0.497 e. The average molecular weight is 365 g/mol. The Labute approximate surface area is 155 Å². The van der Waals surface area contributed by atoms with Gasteiger partial charge >= 0.3 is 0 Å². The van der Waals surface area contributed by atoms with Gasteiger partial charge in [0.15, 0.2) is 0 Å². The van der Waals surface area contributed by atoms with E-state index in [2.05, 4.69) is 15.6 Å². The van der Waals surface area contributed by atoms with E-state index in [9.17, 15) is 14.0 Å². The van der Waals surface area contributed by atoms with Gasteiger partial charge in [0.25, 0.3) is 11.8 Å². The van der Waals surface area contributed by atoms with Crippen molar-refractivity contribution in [2.75, 3.05) is 17.7 Å². The second-order valence-corrected chi connectivity index (χ2v) is 5.58. The summed E-state index contributed by atoms with van der Waals surface area (Å²) in [5.74, 6) is -0.781. The molecule has 2 N–H and O–H groups in total. The summed E-state index contributed by atoms with van der Waals surface area (Å²) < 4.78 is 18.2. The van der Waals surface area contributed by atoms with Crippen LogP contribution in [0.4, 0.5) is 15.8 Å². The van der Waals surface area contributed by atoms with Crippen LogP contribution in [0.15, 0.2) is 66.9 Å². The van der Waals surface area contributed by atoms with Gasteiger partial charge in [-0.05, 0) is 54.6 Å². The van der Waals surface area contributed by atoms with Crippen LogP contribution >= 0.6 is 0 Å². The standard InChI is InChI=1S/C20H16FN3O3/c1-27-17-8-6-16(7-9-17)23-19(25)13-2-4-15(5-3-13)24-20(26)14-10-11-22-18(21)12-14/h2-12H,1H3,(H,23,25)(H,24,26). The molecule has 3 aromatic rings. The number of amides is 2. The molecule has 7 heteroatoms. The van der Waals surface area contributed by atoms with Crippen LogP contribution in [0.3, 0.4) is 0 Å². The highest BCUT2D eigenvalue weighted by atomic mass is 19.1. The molecule has 3 rings (SSSR count). The predicted molar refractivity (Wildman–Crippen MR) is 99.5 cm³/mol. The highest BCUT2D eigenvalue weighted by Gasteiger charge is 2.09. The second-order valence-electron chi connectivity index (χ2n) is 5.58. The molecule has 136 valence electrons. The van der Waals surface area contributed by atoms with Gasteiger partial charge in [-0.3, -0.25) is 9.59 Å². The molecule has 1 aromatic heterocycles. The van der Waals surface area contributed by atoms with Crippen LogP contribution in [0, 0.1) is 5.95 Å². The largest absolute Gasteiger partial charge is 0.497 e. The Morgan fingerprint density at radius 1 is 0.852 bits per heavy atom. The Bertz CT molecular complexity index is 957. The summed E-state index contributed by atoms with van der Waals surface area (Å²) >= 11 is 0. The number of methoxy groups -OCH3 is 1. The van der Waals surface area contributed by atoms with E-state index in [1.54, 1.807) is 55.6 Å². The molecule has 27 heavy (non-hydrogen) atoms. The van der Waals surface area contributed by atoms with Gasteiger partial charge in [-0.2, -0.15) is 4.39 Å². The van der Waals surface area contributed by atoms with Crippen molar-refractivity contribution < 1.29 is 18.7 Å². The van der Waals surface area contributed by atoms with Gasteiger partial charge in [0.05, 0.1) is 7.11 Å². The van der Waals surface area contributed by atoms with Gasteiger partial charge in [-0.1, -0.05) is 0 Å². The third-order valence-electron chi connectivity index (χ3n) is 3.74. The first-order chi connectivity index (χ1) is 13.0. The summed E-state index contributed by atoms with van der Waals surface area (Å²) in [5, 5.41) is 5.41. The number of hydrogen-bond donors (Lipinski definition) is 2. The van der Waals surface area contributed by atoms with Crippen LogP contribution < -0.4 is 15.4 Å². The number of pyridine rings is 1. The van der Waals surface area contributed by atoms with Crippen molar-refractivity contribution in [3.8, 4) is 5.75 Å². The van der Waals surface area contributed by atoms with E-state index in [1.807, 2.05) is 0 Å². The fourth-order valence-electron chi connectivity index (χ4n) is 2.33.